The third-order valence-corrected chi connectivity index (χ3v) is 2.56. The van der Waals surface area contributed by atoms with Crippen LogP contribution in [0.15, 0.2) is 30.3 Å². The molecule has 1 aliphatic rings. The van der Waals surface area contributed by atoms with E-state index in [4.69, 9.17) is 9.57 Å². The van der Waals surface area contributed by atoms with Gasteiger partial charge in [-0.05, 0) is 12.0 Å². The van der Waals surface area contributed by atoms with Crippen LogP contribution in [-0.4, -0.2) is 31.2 Å². The monoisotopic (exact) mass is 221 g/mol. The van der Waals surface area contributed by atoms with Crippen molar-refractivity contribution in [2.75, 3.05) is 20.3 Å². The average Bonchev–Trinajstić information content (AvgIpc) is 2.85. The first-order valence-corrected chi connectivity index (χ1v) is 5.35. The van der Waals surface area contributed by atoms with Crippen molar-refractivity contribution in [1.29, 1.82) is 0 Å². The molecule has 1 atom stereocenters. The van der Waals surface area contributed by atoms with Crippen molar-refractivity contribution in [3.05, 3.63) is 35.9 Å². The van der Waals surface area contributed by atoms with Crippen molar-refractivity contribution in [3.8, 4) is 0 Å². The number of carbonyl (C=O) groups is 1. The molecule has 4 heteroatoms. The summed E-state index contributed by atoms with van der Waals surface area (Å²) in [6, 6.07) is 9.44. The minimum Gasteiger partial charge on any atom is -0.367 e. The Hall–Kier alpha value is -1.39. The number of methoxy groups -OCH3 is 1. The van der Waals surface area contributed by atoms with Crippen LogP contribution in [0.25, 0.3) is 0 Å². The van der Waals surface area contributed by atoms with E-state index in [0.29, 0.717) is 13.2 Å². The number of hydrogen-bond acceptors (Lipinski definition) is 3. The highest BCUT2D eigenvalue weighted by atomic mass is 16.7. The number of carbonyl (C=O) groups excluding carboxylic acids is 1. The van der Waals surface area contributed by atoms with Gasteiger partial charge in [-0.2, -0.15) is 0 Å². The van der Waals surface area contributed by atoms with Gasteiger partial charge in [0.2, 0.25) is 0 Å². The van der Waals surface area contributed by atoms with Crippen LogP contribution >= 0.6 is 0 Å². The highest BCUT2D eigenvalue weighted by Crippen LogP contribution is 2.21. The maximum atomic E-state index is 12.1. The second-order valence-electron chi connectivity index (χ2n) is 3.65. The molecule has 1 heterocycles. The van der Waals surface area contributed by atoms with Crippen LogP contribution in [0.1, 0.15) is 18.1 Å². The number of nitrogens with zero attached hydrogens (tertiary/aromatic N) is 1. The van der Waals surface area contributed by atoms with Gasteiger partial charge in [0, 0.05) is 7.11 Å². The highest BCUT2D eigenvalue weighted by molar-refractivity contribution is 5.81. The lowest BCUT2D eigenvalue weighted by atomic mass is 10.1. The van der Waals surface area contributed by atoms with E-state index in [1.54, 1.807) is 0 Å². The summed E-state index contributed by atoms with van der Waals surface area (Å²) >= 11 is 0. The number of rotatable bonds is 3. The van der Waals surface area contributed by atoms with Gasteiger partial charge in [0.1, 0.15) is 0 Å². The summed E-state index contributed by atoms with van der Waals surface area (Å²) in [7, 11) is 1.53. The van der Waals surface area contributed by atoms with E-state index in [9.17, 15) is 4.79 Å². The topological polar surface area (TPSA) is 38.8 Å². The minimum atomic E-state index is -0.570. The molecule has 0 radical (unpaired) electrons. The van der Waals surface area contributed by atoms with Crippen LogP contribution < -0.4 is 0 Å². The SMILES string of the molecule is COC(C(=O)N1CCCO1)c1ccccc1. The Balaban J connectivity index is 2.13. The molecule has 0 N–H and O–H groups in total. The second kappa shape index (κ2) is 5.09. The van der Waals surface area contributed by atoms with Crippen molar-refractivity contribution in [1.82, 2.24) is 5.06 Å². The van der Waals surface area contributed by atoms with Gasteiger partial charge < -0.3 is 4.74 Å². The van der Waals surface area contributed by atoms with Crippen LogP contribution in [0.4, 0.5) is 0 Å². The van der Waals surface area contributed by atoms with Gasteiger partial charge >= 0.3 is 0 Å². The fourth-order valence-electron chi connectivity index (χ4n) is 1.76. The maximum absolute atomic E-state index is 12.1. The first-order valence-electron chi connectivity index (χ1n) is 5.35. The minimum absolute atomic E-state index is 0.133. The van der Waals surface area contributed by atoms with Crippen LogP contribution in [0.5, 0.6) is 0 Å². The molecule has 1 aromatic carbocycles. The van der Waals surface area contributed by atoms with Gasteiger partial charge in [0.25, 0.3) is 5.91 Å². The Kier molecular flexibility index (Phi) is 3.54. The molecule has 1 aromatic rings. The lowest BCUT2D eigenvalue weighted by molar-refractivity contribution is -0.180. The fourth-order valence-corrected chi connectivity index (χ4v) is 1.76. The Bertz CT molecular complexity index is 347. The summed E-state index contributed by atoms with van der Waals surface area (Å²) < 4.78 is 5.24. The molecule has 16 heavy (non-hydrogen) atoms. The maximum Gasteiger partial charge on any atom is 0.279 e. The van der Waals surface area contributed by atoms with Gasteiger partial charge in [-0.15, -0.1) is 0 Å². The van der Waals surface area contributed by atoms with Crippen molar-refractivity contribution < 1.29 is 14.4 Å². The average molecular weight is 221 g/mol. The molecule has 0 saturated carbocycles. The summed E-state index contributed by atoms with van der Waals surface area (Å²) in [5, 5.41) is 1.39. The summed E-state index contributed by atoms with van der Waals surface area (Å²) in [5.74, 6) is -0.133. The first kappa shape index (κ1) is 11.1. The Morgan fingerprint density at radius 3 is 2.75 bits per heavy atom. The van der Waals surface area contributed by atoms with Crippen molar-refractivity contribution in [2.24, 2.45) is 0 Å². The molecule has 4 nitrogen and oxygen atoms in total. The van der Waals surface area contributed by atoms with Gasteiger partial charge in [-0.1, -0.05) is 30.3 Å². The molecule has 1 saturated heterocycles. The Labute approximate surface area is 94.7 Å². The lowest BCUT2D eigenvalue weighted by Gasteiger charge is -2.20. The molecule has 0 aliphatic carbocycles. The van der Waals surface area contributed by atoms with Crippen molar-refractivity contribution in [3.63, 3.8) is 0 Å². The standard InChI is InChI=1S/C12H15NO3/c1-15-11(10-6-3-2-4-7-10)12(14)13-8-5-9-16-13/h2-4,6-7,11H,5,8-9H2,1H3. The summed E-state index contributed by atoms with van der Waals surface area (Å²) in [6.45, 7) is 1.25. The zero-order valence-electron chi connectivity index (χ0n) is 9.26. The first-order chi connectivity index (χ1) is 7.83. The van der Waals surface area contributed by atoms with Crippen LogP contribution in [0.2, 0.25) is 0 Å². The normalized spacial score (nSPS) is 17.4. The van der Waals surface area contributed by atoms with Crippen LogP contribution in [0, 0.1) is 0 Å². The van der Waals surface area contributed by atoms with Gasteiger partial charge in [-0.3, -0.25) is 9.63 Å². The molecule has 1 unspecified atom stereocenters. The third kappa shape index (κ3) is 2.23. The van der Waals surface area contributed by atoms with E-state index in [-0.39, 0.29) is 5.91 Å². The molecule has 0 bridgehead atoms. The summed E-state index contributed by atoms with van der Waals surface area (Å²) in [4.78, 5) is 17.3. The van der Waals surface area contributed by atoms with E-state index in [1.807, 2.05) is 30.3 Å². The smallest absolute Gasteiger partial charge is 0.279 e. The second-order valence-corrected chi connectivity index (χ2v) is 3.65. The lowest BCUT2D eigenvalue weighted by Crippen LogP contribution is -2.32. The quantitative estimate of drug-likeness (QED) is 0.777. The zero-order chi connectivity index (χ0) is 11.4. The van der Waals surface area contributed by atoms with Crippen molar-refractivity contribution in [2.45, 2.75) is 12.5 Å². The number of benzene rings is 1. The Morgan fingerprint density at radius 1 is 1.44 bits per heavy atom. The van der Waals surface area contributed by atoms with Gasteiger partial charge in [-0.25, -0.2) is 5.06 Å². The molecule has 0 aromatic heterocycles. The molecule has 1 amide bonds. The highest BCUT2D eigenvalue weighted by Gasteiger charge is 2.28. The van der Waals surface area contributed by atoms with E-state index in [2.05, 4.69) is 0 Å². The summed E-state index contributed by atoms with van der Waals surface area (Å²) in [6.07, 6.45) is 0.316. The fraction of sp³-hybridized carbons (Fsp3) is 0.417. The largest absolute Gasteiger partial charge is 0.367 e. The molecule has 1 aliphatic heterocycles. The number of amides is 1. The number of hydroxylamine groups is 2. The summed E-state index contributed by atoms with van der Waals surface area (Å²) in [5.41, 5.74) is 0.852. The van der Waals surface area contributed by atoms with Crippen LogP contribution in [0.3, 0.4) is 0 Å². The molecule has 0 spiro atoms. The van der Waals surface area contributed by atoms with Crippen LogP contribution in [-0.2, 0) is 14.4 Å². The van der Waals surface area contributed by atoms with Gasteiger partial charge in [0.05, 0.1) is 13.2 Å². The third-order valence-electron chi connectivity index (χ3n) is 2.56. The van der Waals surface area contributed by atoms with E-state index in [1.165, 1.54) is 12.2 Å². The molecular weight excluding hydrogens is 206 g/mol. The molecule has 1 fully saturated rings. The van der Waals surface area contributed by atoms with E-state index >= 15 is 0 Å². The molecule has 86 valence electrons. The van der Waals surface area contributed by atoms with E-state index in [0.717, 1.165) is 12.0 Å². The predicted molar refractivity (Wildman–Crippen MR) is 58.5 cm³/mol. The number of hydrogen-bond donors (Lipinski definition) is 0. The number of ether oxygens (including phenoxy) is 1. The molecule has 2 rings (SSSR count). The zero-order valence-corrected chi connectivity index (χ0v) is 9.26. The van der Waals surface area contributed by atoms with Crippen molar-refractivity contribution >= 4 is 5.91 Å². The van der Waals surface area contributed by atoms with E-state index < -0.39 is 6.10 Å². The Morgan fingerprint density at radius 2 is 2.19 bits per heavy atom. The predicted octanol–water partition coefficient (Wildman–Crippen LogP) is 1.54. The van der Waals surface area contributed by atoms with Gasteiger partial charge in [0.15, 0.2) is 6.10 Å². The molecular formula is C12H15NO3.